The molecular weight excluding hydrogens is 295 g/mol. The van der Waals surface area contributed by atoms with Crippen LogP contribution < -0.4 is 15.8 Å². The highest BCUT2D eigenvalue weighted by Gasteiger charge is 2.18. The highest BCUT2D eigenvalue weighted by atomic mass is 35.5. The lowest BCUT2D eigenvalue weighted by Crippen LogP contribution is -2.25. The van der Waals surface area contributed by atoms with Gasteiger partial charge in [-0.05, 0) is 35.4 Å². The third kappa shape index (κ3) is 2.70. The van der Waals surface area contributed by atoms with Crippen LogP contribution in [0.4, 0.5) is 10.1 Å². The molecular formula is C15H12ClFN2O2. The van der Waals surface area contributed by atoms with Crippen molar-refractivity contribution in [3.05, 3.63) is 58.4 Å². The number of carbonyl (C=O) groups is 1. The number of hydrogen-bond donors (Lipinski definition) is 2. The minimum Gasteiger partial charge on any atom is -0.482 e. The Bertz CT molecular complexity index is 721. The molecule has 0 aromatic heterocycles. The van der Waals surface area contributed by atoms with Crippen LogP contribution in [0.3, 0.4) is 0 Å². The van der Waals surface area contributed by atoms with Gasteiger partial charge in [0.25, 0.3) is 5.91 Å². The predicted octanol–water partition coefficient (Wildman–Crippen LogP) is 2.86. The molecule has 3 N–H and O–H groups in total. The van der Waals surface area contributed by atoms with Gasteiger partial charge in [-0.25, -0.2) is 4.39 Å². The molecule has 1 aliphatic rings. The zero-order valence-electron chi connectivity index (χ0n) is 10.9. The molecule has 3 rings (SSSR count). The molecule has 0 aliphatic carbocycles. The van der Waals surface area contributed by atoms with Crippen LogP contribution in [-0.2, 0) is 4.79 Å². The number of ether oxygens (including phenoxy) is 1. The second-order valence-electron chi connectivity index (χ2n) is 4.74. The van der Waals surface area contributed by atoms with E-state index in [1.165, 1.54) is 12.1 Å². The molecule has 0 fully saturated rings. The highest BCUT2D eigenvalue weighted by molar-refractivity contribution is 6.30. The van der Waals surface area contributed by atoms with Crippen molar-refractivity contribution in [3.63, 3.8) is 0 Å². The average Bonchev–Trinajstić information content (AvgIpc) is 2.48. The van der Waals surface area contributed by atoms with Crippen molar-refractivity contribution in [1.29, 1.82) is 0 Å². The van der Waals surface area contributed by atoms with Crippen molar-refractivity contribution in [2.45, 2.75) is 6.04 Å². The highest BCUT2D eigenvalue weighted by Crippen LogP contribution is 2.32. The van der Waals surface area contributed by atoms with Crippen molar-refractivity contribution in [2.24, 2.45) is 5.73 Å². The molecule has 108 valence electrons. The van der Waals surface area contributed by atoms with Gasteiger partial charge >= 0.3 is 0 Å². The van der Waals surface area contributed by atoms with Gasteiger partial charge in [0, 0.05) is 0 Å². The number of amides is 1. The normalized spacial score (nSPS) is 14.9. The van der Waals surface area contributed by atoms with E-state index < -0.39 is 11.9 Å². The third-order valence-corrected chi connectivity index (χ3v) is 3.59. The predicted molar refractivity (Wildman–Crippen MR) is 78.0 cm³/mol. The maximum Gasteiger partial charge on any atom is 0.262 e. The fraction of sp³-hybridized carbons (Fsp3) is 0.133. The van der Waals surface area contributed by atoms with Crippen LogP contribution in [0.25, 0.3) is 0 Å². The average molecular weight is 307 g/mol. The fourth-order valence-corrected chi connectivity index (χ4v) is 2.38. The Labute approximate surface area is 125 Å². The van der Waals surface area contributed by atoms with Crippen molar-refractivity contribution in [3.8, 4) is 5.75 Å². The zero-order valence-corrected chi connectivity index (χ0v) is 11.7. The van der Waals surface area contributed by atoms with E-state index in [1.54, 1.807) is 24.3 Å². The quantitative estimate of drug-likeness (QED) is 0.896. The Morgan fingerprint density at radius 1 is 1.24 bits per heavy atom. The van der Waals surface area contributed by atoms with E-state index in [0.29, 0.717) is 17.0 Å². The smallest absolute Gasteiger partial charge is 0.262 e. The van der Waals surface area contributed by atoms with Crippen LogP contribution in [0.1, 0.15) is 17.2 Å². The summed E-state index contributed by atoms with van der Waals surface area (Å²) in [5.74, 6) is -0.0977. The molecule has 1 heterocycles. The molecule has 2 aromatic rings. The summed E-state index contributed by atoms with van der Waals surface area (Å²) in [5, 5.41) is 2.75. The Kier molecular flexibility index (Phi) is 3.53. The van der Waals surface area contributed by atoms with Gasteiger partial charge in [0.05, 0.1) is 16.8 Å². The molecule has 0 saturated carbocycles. The molecule has 1 atom stereocenters. The minimum atomic E-state index is -0.487. The summed E-state index contributed by atoms with van der Waals surface area (Å²) >= 11 is 5.77. The van der Waals surface area contributed by atoms with Gasteiger partial charge in [-0.2, -0.15) is 0 Å². The van der Waals surface area contributed by atoms with E-state index in [2.05, 4.69) is 5.32 Å². The lowest BCUT2D eigenvalue weighted by molar-refractivity contribution is -0.118. The number of carbonyl (C=O) groups excluding carboxylic acids is 1. The minimum absolute atomic E-state index is 0.00592. The van der Waals surface area contributed by atoms with Gasteiger partial charge in [-0.1, -0.05) is 23.7 Å². The standard InChI is InChI=1S/C15H12ClFN2O2/c16-10-5-8(1-3-11(10)17)15(18)9-2-4-13-12(6-9)19-14(20)7-21-13/h1-6,15H,7,18H2,(H,19,20). The molecule has 0 bridgehead atoms. The van der Waals surface area contributed by atoms with Gasteiger partial charge in [-0.3, -0.25) is 4.79 Å². The summed E-state index contributed by atoms with van der Waals surface area (Å²) in [7, 11) is 0. The van der Waals surface area contributed by atoms with Crippen molar-refractivity contribution < 1.29 is 13.9 Å². The first-order chi connectivity index (χ1) is 10.0. The number of nitrogens with two attached hydrogens (primary N) is 1. The largest absolute Gasteiger partial charge is 0.482 e. The first kappa shape index (κ1) is 13.9. The van der Waals surface area contributed by atoms with E-state index in [4.69, 9.17) is 22.1 Å². The Morgan fingerprint density at radius 2 is 1.95 bits per heavy atom. The van der Waals surface area contributed by atoms with Crippen LogP contribution in [0.2, 0.25) is 5.02 Å². The monoisotopic (exact) mass is 306 g/mol. The van der Waals surface area contributed by atoms with Crippen LogP contribution in [-0.4, -0.2) is 12.5 Å². The molecule has 0 radical (unpaired) electrons. The maximum absolute atomic E-state index is 13.2. The SMILES string of the molecule is NC(c1ccc(F)c(Cl)c1)c1ccc2c(c1)NC(=O)CO2. The van der Waals surface area contributed by atoms with Crippen molar-refractivity contribution in [2.75, 3.05) is 11.9 Å². The zero-order chi connectivity index (χ0) is 15.0. The summed E-state index contributed by atoms with van der Waals surface area (Å²) in [6, 6.07) is 9.17. The first-order valence-electron chi connectivity index (χ1n) is 6.32. The lowest BCUT2D eigenvalue weighted by Gasteiger charge is -2.20. The molecule has 1 unspecified atom stereocenters. The molecule has 2 aromatic carbocycles. The number of anilines is 1. The number of halogens is 2. The molecule has 0 saturated heterocycles. The molecule has 6 heteroatoms. The number of nitrogens with one attached hydrogen (secondary N) is 1. The Balaban J connectivity index is 1.94. The van der Waals surface area contributed by atoms with Crippen LogP contribution >= 0.6 is 11.6 Å². The molecule has 0 spiro atoms. The second-order valence-corrected chi connectivity index (χ2v) is 5.15. The molecule has 21 heavy (non-hydrogen) atoms. The summed E-state index contributed by atoms with van der Waals surface area (Å²) in [6.45, 7) is 0.00592. The van der Waals surface area contributed by atoms with Crippen molar-refractivity contribution in [1.82, 2.24) is 0 Å². The van der Waals surface area contributed by atoms with E-state index in [9.17, 15) is 9.18 Å². The van der Waals surface area contributed by atoms with Crippen LogP contribution in [0.15, 0.2) is 36.4 Å². The topological polar surface area (TPSA) is 64.3 Å². The van der Waals surface area contributed by atoms with Gasteiger partial charge in [0.15, 0.2) is 6.61 Å². The van der Waals surface area contributed by atoms with Gasteiger partial charge in [0.1, 0.15) is 11.6 Å². The first-order valence-corrected chi connectivity index (χ1v) is 6.69. The van der Waals surface area contributed by atoms with E-state index >= 15 is 0 Å². The number of hydrogen-bond acceptors (Lipinski definition) is 3. The molecule has 1 aliphatic heterocycles. The van der Waals surface area contributed by atoms with Gasteiger partial charge < -0.3 is 15.8 Å². The summed E-state index contributed by atoms with van der Waals surface area (Å²) in [5.41, 5.74) is 8.20. The lowest BCUT2D eigenvalue weighted by atomic mass is 9.98. The maximum atomic E-state index is 13.2. The number of fused-ring (bicyclic) bond motifs is 1. The summed E-state index contributed by atoms with van der Waals surface area (Å²) in [4.78, 5) is 11.3. The van der Waals surface area contributed by atoms with E-state index in [0.717, 1.165) is 5.56 Å². The van der Waals surface area contributed by atoms with Crippen LogP contribution in [0.5, 0.6) is 5.75 Å². The van der Waals surface area contributed by atoms with E-state index in [1.807, 2.05) is 0 Å². The third-order valence-electron chi connectivity index (χ3n) is 3.30. The molecule has 4 nitrogen and oxygen atoms in total. The number of benzene rings is 2. The summed E-state index contributed by atoms with van der Waals surface area (Å²) in [6.07, 6.45) is 0. The van der Waals surface area contributed by atoms with Gasteiger partial charge in [0.2, 0.25) is 0 Å². The van der Waals surface area contributed by atoms with Crippen LogP contribution in [0, 0.1) is 5.82 Å². The van der Waals surface area contributed by atoms with Crippen molar-refractivity contribution >= 4 is 23.2 Å². The fourth-order valence-electron chi connectivity index (χ4n) is 2.19. The number of rotatable bonds is 2. The van der Waals surface area contributed by atoms with Gasteiger partial charge in [-0.15, -0.1) is 0 Å². The second kappa shape index (κ2) is 5.35. The Morgan fingerprint density at radius 3 is 2.71 bits per heavy atom. The Hall–Kier alpha value is -2.11. The molecule has 1 amide bonds. The van der Waals surface area contributed by atoms with E-state index in [-0.39, 0.29) is 17.5 Å². The summed E-state index contributed by atoms with van der Waals surface area (Å²) < 4.78 is 18.5.